The number of aromatic nitrogens is 1. The van der Waals surface area contributed by atoms with Gasteiger partial charge in [-0.15, -0.1) is 11.3 Å². The fraction of sp³-hybridized carbons (Fsp3) is 0.312. The lowest BCUT2D eigenvalue weighted by molar-refractivity contribution is -0.157. The summed E-state index contributed by atoms with van der Waals surface area (Å²) in [5, 5.41) is 4.70. The van der Waals surface area contributed by atoms with Gasteiger partial charge in [-0.1, -0.05) is 28.1 Å². The number of hydrogen-bond acceptors (Lipinski definition) is 4. The van der Waals surface area contributed by atoms with Gasteiger partial charge in [0.05, 0.1) is 11.6 Å². The molecule has 1 aromatic heterocycles. The summed E-state index contributed by atoms with van der Waals surface area (Å²) in [5.74, 6) is -1.99. The first-order valence-electron chi connectivity index (χ1n) is 7.58. The summed E-state index contributed by atoms with van der Waals surface area (Å²) in [5.41, 5.74) is 1.54. The number of rotatable bonds is 4. The molecule has 10 heteroatoms. The highest BCUT2D eigenvalue weighted by Gasteiger charge is 2.40. The molecule has 1 aromatic carbocycles. The number of thiazole rings is 1. The number of nitrogens with zero attached hydrogens (tertiary/aromatic N) is 2. The second-order valence-corrected chi connectivity index (χ2v) is 7.60. The molecule has 26 heavy (non-hydrogen) atoms. The largest absolute Gasteiger partial charge is 0.406 e. The molecule has 1 fully saturated rings. The Balaban J connectivity index is 1.63. The minimum absolute atomic E-state index is 0.230. The second-order valence-electron chi connectivity index (χ2n) is 5.83. The van der Waals surface area contributed by atoms with Gasteiger partial charge >= 0.3 is 6.18 Å². The van der Waals surface area contributed by atoms with Crippen LogP contribution in [0, 0.1) is 5.92 Å². The highest BCUT2D eigenvalue weighted by Crippen LogP contribution is 2.28. The summed E-state index contributed by atoms with van der Waals surface area (Å²) in [6.45, 7) is -1.58. The van der Waals surface area contributed by atoms with Gasteiger partial charge in [0.1, 0.15) is 6.54 Å². The standard InChI is InChI=1S/C16H13BrF3N3O2S/c17-11-3-1-2-9(4-11)12-7-26-15(21-12)22-14(25)10-5-13(24)23(6-10)8-16(18,19)20/h1-4,7,10H,5-6,8H2,(H,21,22,25). The highest BCUT2D eigenvalue weighted by atomic mass is 79.9. The first kappa shape index (κ1) is 18.8. The van der Waals surface area contributed by atoms with Crippen molar-refractivity contribution in [3.8, 4) is 11.3 Å². The van der Waals surface area contributed by atoms with Gasteiger partial charge in [-0.25, -0.2) is 4.98 Å². The molecule has 1 atom stereocenters. The monoisotopic (exact) mass is 447 g/mol. The van der Waals surface area contributed by atoms with Crippen molar-refractivity contribution in [1.29, 1.82) is 0 Å². The van der Waals surface area contributed by atoms with Crippen molar-refractivity contribution in [3.63, 3.8) is 0 Å². The third-order valence-electron chi connectivity index (χ3n) is 3.81. The Morgan fingerprint density at radius 3 is 2.88 bits per heavy atom. The lowest BCUT2D eigenvalue weighted by Gasteiger charge is -2.18. The first-order chi connectivity index (χ1) is 12.2. The van der Waals surface area contributed by atoms with E-state index in [9.17, 15) is 22.8 Å². The van der Waals surface area contributed by atoms with E-state index in [1.165, 1.54) is 11.3 Å². The van der Waals surface area contributed by atoms with Gasteiger partial charge in [0.25, 0.3) is 0 Å². The van der Waals surface area contributed by atoms with Crippen LogP contribution in [0.3, 0.4) is 0 Å². The number of hydrogen-bond donors (Lipinski definition) is 1. The van der Waals surface area contributed by atoms with Crippen LogP contribution in [-0.2, 0) is 9.59 Å². The molecule has 1 aliphatic heterocycles. The fourth-order valence-corrected chi connectivity index (χ4v) is 3.76. The van der Waals surface area contributed by atoms with Crippen LogP contribution in [0.4, 0.5) is 18.3 Å². The topological polar surface area (TPSA) is 62.3 Å². The molecule has 0 bridgehead atoms. The number of nitrogens with one attached hydrogen (secondary N) is 1. The van der Waals surface area contributed by atoms with Crippen LogP contribution in [0.25, 0.3) is 11.3 Å². The van der Waals surface area contributed by atoms with Gasteiger partial charge < -0.3 is 10.2 Å². The maximum Gasteiger partial charge on any atom is 0.406 e. The molecular formula is C16H13BrF3N3O2S. The molecule has 5 nitrogen and oxygen atoms in total. The number of likely N-dealkylation sites (tertiary alicyclic amines) is 1. The van der Waals surface area contributed by atoms with Gasteiger partial charge in [0.2, 0.25) is 11.8 Å². The number of amides is 2. The molecule has 138 valence electrons. The van der Waals surface area contributed by atoms with Crippen LogP contribution in [0.15, 0.2) is 34.1 Å². The number of alkyl halides is 3. The lowest BCUT2D eigenvalue weighted by Crippen LogP contribution is -2.36. The predicted octanol–water partition coefficient (Wildman–Crippen LogP) is 3.92. The van der Waals surface area contributed by atoms with E-state index in [1.54, 1.807) is 5.38 Å². The SMILES string of the molecule is O=C(Nc1nc(-c2cccc(Br)c2)cs1)C1CC(=O)N(CC(F)(F)F)C1. The van der Waals surface area contributed by atoms with Gasteiger partial charge in [0.15, 0.2) is 5.13 Å². The normalized spacial score (nSPS) is 17.6. The molecule has 0 radical (unpaired) electrons. The Bertz CT molecular complexity index is 840. The third-order valence-corrected chi connectivity index (χ3v) is 5.06. The summed E-state index contributed by atoms with van der Waals surface area (Å²) in [6.07, 6.45) is -4.71. The Labute approximate surface area is 159 Å². The Morgan fingerprint density at radius 2 is 2.19 bits per heavy atom. The molecule has 0 aliphatic carbocycles. The van der Waals surface area contributed by atoms with Crippen molar-refractivity contribution in [1.82, 2.24) is 9.88 Å². The van der Waals surface area contributed by atoms with E-state index in [0.717, 1.165) is 10.0 Å². The first-order valence-corrected chi connectivity index (χ1v) is 9.25. The van der Waals surface area contributed by atoms with Crippen LogP contribution in [0.2, 0.25) is 0 Å². The van der Waals surface area contributed by atoms with Crippen LogP contribution >= 0.6 is 27.3 Å². The number of anilines is 1. The Hall–Kier alpha value is -1.94. The average molecular weight is 448 g/mol. The molecule has 0 spiro atoms. The van der Waals surface area contributed by atoms with Gasteiger partial charge in [-0.2, -0.15) is 13.2 Å². The van der Waals surface area contributed by atoms with Crippen molar-refractivity contribution in [2.75, 3.05) is 18.4 Å². The molecule has 1 N–H and O–H groups in total. The lowest BCUT2D eigenvalue weighted by atomic mass is 10.1. The fourth-order valence-electron chi connectivity index (χ4n) is 2.64. The number of benzene rings is 1. The zero-order valence-corrected chi connectivity index (χ0v) is 15.6. The molecule has 2 heterocycles. The summed E-state index contributed by atoms with van der Waals surface area (Å²) in [6, 6.07) is 7.49. The molecule has 3 rings (SSSR count). The van der Waals surface area contributed by atoms with E-state index >= 15 is 0 Å². The molecule has 1 saturated heterocycles. The van der Waals surface area contributed by atoms with Crippen molar-refractivity contribution in [2.45, 2.75) is 12.6 Å². The maximum absolute atomic E-state index is 12.4. The molecule has 1 aliphatic rings. The minimum atomic E-state index is -4.48. The highest BCUT2D eigenvalue weighted by molar-refractivity contribution is 9.10. The van der Waals surface area contributed by atoms with Crippen LogP contribution in [0.5, 0.6) is 0 Å². The zero-order chi connectivity index (χ0) is 18.9. The van der Waals surface area contributed by atoms with Gasteiger partial charge in [-0.05, 0) is 12.1 Å². The summed E-state index contributed by atoms with van der Waals surface area (Å²) >= 11 is 4.58. The van der Waals surface area contributed by atoms with Crippen molar-refractivity contribution < 1.29 is 22.8 Å². The number of carbonyl (C=O) groups is 2. The van der Waals surface area contributed by atoms with Crippen molar-refractivity contribution in [2.24, 2.45) is 5.92 Å². The minimum Gasteiger partial charge on any atom is -0.333 e. The molecule has 2 aromatic rings. The molecule has 0 saturated carbocycles. The smallest absolute Gasteiger partial charge is 0.333 e. The quantitative estimate of drug-likeness (QED) is 0.772. The summed E-state index contributed by atoms with van der Waals surface area (Å²) in [4.78, 5) is 28.9. The number of halogens is 4. The molecular weight excluding hydrogens is 435 g/mol. The molecule has 1 unspecified atom stereocenters. The van der Waals surface area contributed by atoms with E-state index in [1.807, 2.05) is 24.3 Å². The predicted molar refractivity (Wildman–Crippen MR) is 94.6 cm³/mol. The number of carbonyl (C=O) groups excluding carboxylic acids is 2. The zero-order valence-electron chi connectivity index (χ0n) is 13.2. The van der Waals surface area contributed by atoms with E-state index < -0.39 is 30.5 Å². The van der Waals surface area contributed by atoms with Gasteiger partial charge in [-0.3, -0.25) is 9.59 Å². The van der Waals surface area contributed by atoms with E-state index in [0.29, 0.717) is 15.7 Å². The van der Waals surface area contributed by atoms with E-state index in [4.69, 9.17) is 0 Å². The Kier molecular flexibility index (Phi) is 5.33. The van der Waals surface area contributed by atoms with Crippen LogP contribution in [-0.4, -0.2) is 41.0 Å². The van der Waals surface area contributed by atoms with E-state index in [-0.39, 0.29) is 13.0 Å². The second kappa shape index (κ2) is 7.36. The third kappa shape index (κ3) is 4.61. The van der Waals surface area contributed by atoms with E-state index in [2.05, 4.69) is 26.2 Å². The summed E-state index contributed by atoms with van der Waals surface area (Å²) < 4.78 is 38.2. The average Bonchev–Trinajstić information content (AvgIpc) is 3.13. The van der Waals surface area contributed by atoms with Crippen molar-refractivity contribution >= 4 is 44.2 Å². The molecule has 2 amide bonds. The van der Waals surface area contributed by atoms with Gasteiger partial charge in [0, 0.05) is 28.4 Å². The summed E-state index contributed by atoms with van der Waals surface area (Å²) in [7, 11) is 0. The van der Waals surface area contributed by atoms with Crippen LogP contribution in [0.1, 0.15) is 6.42 Å². The Morgan fingerprint density at radius 1 is 1.42 bits per heavy atom. The van der Waals surface area contributed by atoms with Crippen LogP contribution < -0.4 is 5.32 Å². The van der Waals surface area contributed by atoms with Crippen molar-refractivity contribution in [3.05, 3.63) is 34.1 Å². The maximum atomic E-state index is 12.4.